The molecule has 0 N–H and O–H groups in total. The van der Waals surface area contributed by atoms with E-state index < -0.39 is 0 Å². The summed E-state index contributed by atoms with van der Waals surface area (Å²) in [5.74, 6) is 1.08. The molecular weight excluding hydrogens is 420 g/mol. The van der Waals surface area contributed by atoms with Crippen LogP contribution in [0.2, 0.25) is 5.02 Å². The van der Waals surface area contributed by atoms with Gasteiger partial charge in [-0.3, -0.25) is 9.36 Å². The second-order valence-corrected chi connectivity index (χ2v) is 8.60. The van der Waals surface area contributed by atoms with Gasteiger partial charge in [-0.05, 0) is 37.1 Å². The molecule has 1 aliphatic rings. The molecule has 0 aliphatic heterocycles. The second kappa shape index (κ2) is 8.20. The van der Waals surface area contributed by atoms with E-state index in [9.17, 15) is 4.79 Å². The van der Waals surface area contributed by atoms with Gasteiger partial charge in [-0.15, -0.1) is 15.3 Å². The van der Waals surface area contributed by atoms with Gasteiger partial charge in [-0.25, -0.2) is 0 Å². The lowest BCUT2D eigenvalue weighted by Crippen LogP contribution is -2.23. The Morgan fingerprint density at radius 2 is 1.77 bits per heavy atom. The average molecular weight is 439 g/mol. The highest BCUT2D eigenvalue weighted by Gasteiger charge is 2.26. The van der Waals surface area contributed by atoms with E-state index >= 15 is 0 Å². The minimum absolute atomic E-state index is 0.161. The maximum atomic E-state index is 12.7. The van der Waals surface area contributed by atoms with Crippen molar-refractivity contribution in [2.45, 2.75) is 42.8 Å². The van der Waals surface area contributed by atoms with Gasteiger partial charge in [0.25, 0.3) is 5.56 Å². The van der Waals surface area contributed by atoms with Gasteiger partial charge in [0.2, 0.25) is 0 Å². The highest BCUT2D eigenvalue weighted by atomic mass is 35.5. The average Bonchev–Trinajstić information content (AvgIpc) is 3.43. The summed E-state index contributed by atoms with van der Waals surface area (Å²) in [6.45, 7) is 0. The van der Waals surface area contributed by atoms with E-state index in [1.807, 2.05) is 36.4 Å². The van der Waals surface area contributed by atoms with Crippen LogP contribution in [0.4, 0.5) is 0 Å². The molecule has 1 aliphatic carbocycles. The second-order valence-electron chi connectivity index (χ2n) is 7.28. The monoisotopic (exact) mass is 438 g/mol. The molecule has 1 fully saturated rings. The molecule has 0 radical (unpaired) electrons. The first kappa shape index (κ1) is 19.3. The normalized spacial score (nSPS) is 14.6. The summed E-state index contributed by atoms with van der Waals surface area (Å²) in [5.41, 5.74) is 1.30. The zero-order valence-corrected chi connectivity index (χ0v) is 17.7. The van der Waals surface area contributed by atoms with Crippen molar-refractivity contribution in [2.75, 3.05) is 0 Å². The lowest BCUT2D eigenvalue weighted by Gasteiger charge is -2.17. The van der Waals surface area contributed by atoms with Crippen LogP contribution in [-0.4, -0.2) is 29.8 Å². The van der Waals surface area contributed by atoms with Gasteiger partial charge in [0, 0.05) is 11.6 Å². The Labute approximate surface area is 182 Å². The van der Waals surface area contributed by atoms with E-state index in [0.717, 1.165) is 29.4 Å². The van der Waals surface area contributed by atoms with Crippen molar-refractivity contribution in [3.63, 3.8) is 0 Å². The topological polar surface area (TPSA) is 78.5 Å². The maximum Gasteiger partial charge on any atom is 0.278 e. The third kappa shape index (κ3) is 3.50. The molecule has 30 heavy (non-hydrogen) atoms. The molecule has 152 valence electrons. The minimum Gasteiger partial charge on any atom is -0.299 e. The summed E-state index contributed by atoms with van der Waals surface area (Å²) >= 11 is 7.88. The minimum atomic E-state index is -0.161. The van der Waals surface area contributed by atoms with Crippen LogP contribution in [-0.2, 0) is 5.88 Å². The SMILES string of the molecule is O=c1c2ccccc2nnn1CSc1nnc(-c2ccccc2Cl)n1C1CCCC1. The number of thioether (sulfide) groups is 1. The zero-order valence-electron chi connectivity index (χ0n) is 16.1. The quantitative estimate of drug-likeness (QED) is 0.425. The standard InChI is InChI=1S/C21H19ClN6OS/c22-17-11-5-3-9-15(17)19-24-25-21(28(19)14-7-1-2-8-14)30-13-27-20(29)16-10-4-6-12-18(16)23-26-27/h3-6,9-12,14H,1-2,7-8,13H2. The largest absolute Gasteiger partial charge is 0.299 e. The Morgan fingerprint density at radius 3 is 2.60 bits per heavy atom. The highest BCUT2D eigenvalue weighted by molar-refractivity contribution is 7.98. The molecule has 0 unspecified atom stereocenters. The van der Waals surface area contributed by atoms with E-state index in [0.29, 0.717) is 27.8 Å². The first-order valence-corrected chi connectivity index (χ1v) is 11.2. The molecule has 1 saturated carbocycles. The van der Waals surface area contributed by atoms with Crippen LogP contribution < -0.4 is 5.56 Å². The maximum absolute atomic E-state index is 12.7. The van der Waals surface area contributed by atoms with Crippen LogP contribution in [0.1, 0.15) is 31.7 Å². The number of hydrogen-bond donors (Lipinski definition) is 0. The molecule has 2 aromatic carbocycles. The van der Waals surface area contributed by atoms with Gasteiger partial charge in [0.05, 0.1) is 16.3 Å². The van der Waals surface area contributed by atoms with E-state index in [4.69, 9.17) is 11.6 Å². The molecule has 0 saturated heterocycles. The van der Waals surface area contributed by atoms with Crippen LogP contribution in [0, 0.1) is 0 Å². The first-order valence-electron chi connectivity index (χ1n) is 9.87. The summed E-state index contributed by atoms with van der Waals surface area (Å²) in [6.07, 6.45) is 4.53. The third-order valence-electron chi connectivity index (χ3n) is 5.41. The smallest absolute Gasteiger partial charge is 0.278 e. The van der Waals surface area contributed by atoms with Gasteiger partial charge >= 0.3 is 0 Å². The zero-order chi connectivity index (χ0) is 20.5. The summed E-state index contributed by atoms with van der Waals surface area (Å²) in [6, 6.07) is 15.2. The highest BCUT2D eigenvalue weighted by Crippen LogP contribution is 2.38. The van der Waals surface area contributed by atoms with Crippen molar-refractivity contribution in [3.8, 4) is 11.4 Å². The Kier molecular flexibility index (Phi) is 5.26. The molecule has 0 amide bonds. The van der Waals surface area contributed by atoms with Gasteiger partial charge in [0.15, 0.2) is 11.0 Å². The first-order chi connectivity index (χ1) is 14.7. The molecule has 0 spiro atoms. The van der Waals surface area contributed by atoms with E-state index in [1.54, 1.807) is 12.1 Å². The van der Waals surface area contributed by atoms with Gasteiger partial charge in [-0.1, -0.05) is 65.7 Å². The molecule has 5 rings (SSSR count). The summed E-state index contributed by atoms with van der Waals surface area (Å²) < 4.78 is 3.55. The van der Waals surface area contributed by atoms with E-state index in [1.165, 1.54) is 29.3 Å². The van der Waals surface area contributed by atoms with Crippen molar-refractivity contribution in [1.29, 1.82) is 0 Å². The Balaban J connectivity index is 1.50. The van der Waals surface area contributed by atoms with E-state index in [2.05, 4.69) is 25.1 Å². The lowest BCUT2D eigenvalue weighted by molar-refractivity contribution is 0.484. The number of rotatable bonds is 5. The van der Waals surface area contributed by atoms with E-state index in [-0.39, 0.29) is 5.56 Å². The number of hydrogen-bond acceptors (Lipinski definition) is 6. The Hall–Kier alpha value is -2.71. The fraction of sp³-hybridized carbons (Fsp3) is 0.286. The molecular formula is C21H19ClN6OS. The molecule has 4 aromatic rings. The van der Waals surface area contributed by atoms with Crippen LogP contribution in [0.25, 0.3) is 22.3 Å². The summed E-state index contributed by atoms with van der Waals surface area (Å²) in [4.78, 5) is 12.7. The third-order valence-corrected chi connectivity index (χ3v) is 6.65. The van der Waals surface area contributed by atoms with Gasteiger partial charge in [0.1, 0.15) is 5.52 Å². The number of aromatic nitrogens is 6. The van der Waals surface area contributed by atoms with Crippen LogP contribution in [0.15, 0.2) is 58.5 Å². The summed E-state index contributed by atoms with van der Waals surface area (Å²) in [7, 11) is 0. The molecule has 9 heteroatoms. The van der Waals surface area contributed by atoms with Crippen molar-refractivity contribution >= 4 is 34.3 Å². The van der Waals surface area contributed by atoms with Gasteiger partial charge in [-0.2, -0.15) is 4.68 Å². The van der Waals surface area contributed by atoms with Crippen molar-refractivity contribution in [2.24, 2.45) is 0 Å². The molecule has 2 aromatic heterocycles. The predicted molar refractivity (Wildman–Crippen MR) is 118 cm³/mol. The number of nitrogens with zero attached hydrogens (tertiary/aromatic N) is 6. The predicted octanol–water partition coefficient (Wildman–Crippen LogP) is 4.57. The van der Waals surface area contributed by atoms with Crippen LogP contribution in [0.5, 0.6) is 0 Å². The fourth-order valence-electron chi connectivity index (χ4n) is 3.92. The van der Waals surface area contributed by atoms with Gasteiger partial charge < -0.3 is 0 Å². The van der Waals surface area contributed by atoms with Crippen molar-refractivity contribution in [3.05, 3.63) is 63.9 Å². The Bertz CT molecular complexity index is 1260. The molecule has 2 heterocycles. The van der Waals surface area contributed by atoms with Crippen molar-refractivity contribution < 1.29 is 0 Å². The molecule has 7 nitrogen and oxygen atoms in total. The van der Waals surface area contributed by atoms with Crippen molar-refractivity contribution in [1.82, 2.24) is 29.8 Å². The lowest BCUT2D eigenvalue weighted by atomic mass is 10.2. The number of halogens is 1. The molecule has 0 bridgehead atoms. The van der Waals surface area contributed by atoms with Crippen LogP contribution in [0.3, 0.4) is 0 Å². The number of benzene rings is 2. The Morgan fingerprint density at radius 1 is 1.00 bits per heavy atom. The summed E-state index contributed by atoms with van der Waals surface area (Å²) in [5, 5.41) is 19.1. The molecule has 0 atom stereocenters. The fourth-order valence-corrected chi connectivity index (χ4v) is 5.02. The van der Waals surface area contributed by atoms with Crippen LogP contribution >= 0.6 is 23.4 Å². The number of fused-ring (bicyclic) bond motifs is 1.